The molecule has 0 aliphatic heterocycles. The molecule has 0 fully saturated rings. The van der Waals surface area contributed by atoms with E-state index in [2.05, 4.69) is 6.58 Å². The smallest absolute Gasteiger partial charge is 0.0726 e. The van der Waals surface area contributed by atoms with E-state index in [9.17, 15) is 5.11 Å². The van der Waals surface area contributed by atoms with Crippen LogP contribution < -0.4 is 0 Å². The number of allylic oxidation sites excluding steroid dienone is 2. The highest BCUT2D eigenvalue weighted by atomic mass is 16.3. The fourth-order valence-corrected chi connectivity index (χ4v) is 0.778. The van der Waals surface area contributed by atoms with Gasteiger partial charge in [0.15, 0.2) is 0 Å². The Morgan fingerprint density at radius 2 is 2.20 bits per heavy atom. The monoisotopic (exact) mass is 140 g/mol. The van der Waals surface area contributed by atoms with Gasteiger partial charge in [-0.2, -0.15) is 0 Å². The van der Waals surface area contributed by atoms with Crippen molar-refractivity contribution < 1.29 is 5.11 Å². The van der Waals surface area contributed by atoms with Gasteiger partial charge in [0, 0.05) is 0 Å². The minimum atomic E-state index is -0.307. The zero-order chi connectivity index (χ0) is 7.98. The van der Waals surface area contributed by atoms with Gasteiger partial charge in [-0.3, -0.25) is 0 Å². The molecule has 0 bridgehead atoms. The average molecular weight is 140 g/mol. The molecule has 58 valence electrons. The lowest BCUT2D eigenvalue weighted by molar-refractivity contribution is 0.200. The molecule has 10 heavy (non-hydrogen) atoms. The van der Waals surface area contributed by atoms with Gasteiger partial charge in [-0.1, -0.05) is 25.2 Å². The summed E-state index contributed by atoms with van der Waals surface area (Å²) in [5.74, 6) is 0.395. The molecule has 0 radical (unpaired) electrons. The third kappa shape index (κ3) is 4.33. The molecule has 0 amide bonds. The second kappa shape index (κ2) is 5.24. The van der Waals surface area contributed by atoms with Crippen molar-refractivity contribution >= 4 is 0 Å². The van der Waals surface area contributed by atoms with Crippen LogP contribution in [-0.2, 0) is 0 Å². The van der Waals surface area contributed by atoms with E-state index in [1.165, 1.54) is 0 Å². The zero-order valence-corrected chi connectivity index (χ0v) is 6.75. The lowest BCUT2D eigenvalue weighted by Crippen LogP contribution is -2.06. The summed E-state index contributed by atoms with van der Waals surface area (Å²) in [5.41, 5.74) is 0. The van der Waals surface area contributed by atoms with Crippen molar-refractivity contribution in [2.24, 2.45) is 5.92 Å². The first-order chi connectivity index (χ1) is 4.70. The van der Waals surface area contributed by atoms with Gasteiger partial charge in [-0.15, -0.1) is 6.58 Å². The molecule has 1 N–H and O–H groups in total. The minimum absolute atomic E-state index is 0.307. The molecule has 0 saturated heterocycles. The summed E-state index contributed by atoms with van der Waals surface area (Å²) in [6, 6.07) is 0. The van der Waals surface area contributed by atoms with Crippen molar-refractivity contribution in [1.29, 1.82) is 0 Å². The predicted molar refractivity (Wildman–Crippen MR) is 44.8 cm³/mol. The average Bonchev–Trinajstić information content (AvgIpc) is 1.88. The van der Waals surface area contributed by atoms with Gasteiger partial charge in [0.2, 0.25) is 0 Å². The summed E-state index contributed by atoms with van der Waals surface area (Å²) < 4.78 is 0. The van der Waals surface area contributed by atoms with Gasteiger partial charge >= 0.3 is 0 Å². The lowest BCUT2D eigenvalue weighted by Gasteiger charge is -2.08. The molecule has 0 aromatic rings. The number of hydrogen-bond acceptors (Lipinski definition) is 1. The summed E-state index contributed by atoms with van der Waals surface area (Å²) in [4.78, 5) is 0. The number of hydrogen-bond donors (Lipinski definition) is 1. The highest BCUT2D eigenvalue weighted by molar-refractivity contribution is 4.89. The Morgan fingerprint density at radius 3 is 2.60 bits per heavy atom. The normalized spacial score (nSPS) is 17.1. The first-order valence-electron chi connectivity index (χ1n) is 3.64. The second-order valence-electron chi connectivity index (χ2n) is 2.54. The Hall–Kier alpha value is -0.560. The van der Waals surface area contributed by atoms with Crippen molar-refractivity contribution in [3.8, 4) is 0 Å². The van der Waals surface area contributed by atoms with E-state index in [0.29, 0.717) is 5.92 Å². The molecule has 0 heterocycles. The van der Waals surface area contributed by atoms with E-state index >= 15 is 0 Å². The SMILES string of the molecule is C=C[C@H](C)C[C@@H](O)/C=C/C. The molecule has 0 aliphatic carbocycles. The third-order valence-electron chi connectivity index (χ3n) is 1.43. The van der Waals surface area contributed by atoms with Crippen LogP contribution in [0.15, 0.2) is 24.8 Å². The van der Waals surface area contributed by atoms with Gasteiger partial charge in [0.1, 0.15) is 0 Å². The van der Waals surface area contributed by atoms with E-state index in [-0.39, 0.29) is 6.10 Å². The Bertz CT molecular complexity index is 116. The lowest BCUT2D eigenvalue weighted by atomic mass is 10.0. The van der Waals surface area contributed by atoms with Crippen LogP contribution in [0.1, 0.15) is 20.3 Å². The topological polar surface area (TPSA) is 20.2 Å². The van der Waals surface area contributed by atoms with Gasteiger partial charge in [0.25, 0.3) is 0 Å². The maximum absolute atomic E-state index is 9.22. The summed E-state index contributed by atoms with van der Waals surface area (Å²) in [6.07, 6.45) is 5.97. The van der Waals surface area contributed by atoms with Gasteiger partial charge in [0.05, 0.1) is 6.10 Å². The number of rotatable bonds is 4. The molecule has 0 aliphatic rings. The molecular formula is C9H16O. The van der Waals surface area contributed by atoms with E-state index in [4.69, 9.17) is 0 Å². The van der Waals surface area contributed by atoms with Gasteiger partial charge < -0.3 is 5.11 Å². The van der Waals surface area contributed by atoms with Crippen molar-refractivity contribution in [1.82, 2.24) is 0 Å². The zero-order valence-electron chi connectivity index (χ0n) is 6.75. The Balaban J connectivity index is 3.55. The van der Waals surface area contributed by atoms with Crippen molar-refractivity contribution in [2.75, 3.05) is 0 Å². The first kappa shape index (κ1) is 9.44. The van der Waals surface area contributed by atoms with Crippen LogP contribution in [0.5, 0.6) is 0 Å². The van der Waals surface area contributed by atoms with Crippen LogP contribution in [0.2, 0.25) is 0 Å². The van der Waals surface area contributed by atoms with Crippen molar-refractivity contribution in [3.05, 3.63) is 24.8 Å². The molecule has 2 atom stereocenters. The Kier molecular flexibility index (Phi) is 4.95. The third-order valence-corrected chi connectivity index (χ3v) is 1.43. The van der Waals surface area contributed by atoms with E-state index < -0.39 is 0 Å². The molecule has 1 nitrogen and oxygen atoms in total. The molecule has 0 aromatic carbocycles. The van der Waals surface area contributed by atoms with Crippen LogP contribution in [0.4, 0.5) is 0 Å². The van der Waals surface area contributed by atoms with Crippen LogP contribution in [-0.4, -0.2) is 11.2 Å². The molecule has 1 heteroatoms. The van der Waals surface area contributed by atoms with Crippen molar-refractivity contribution in [2.45, 2.75) is 26.4 Å². The highest BCUT2D eigenvalue weighted by Crippen LogP contribution is 2.06. The molecule has 0 aromatic heterocycles. The van der Waals surface area contributed by atoms with Crippen LogP contribution >= 0.6 is 0 Å². The maximum atomic E-state index is 9.22. The first-order valence-corrected chi connectivity index (χ1v) is 3.64. The molecular weight excluding hydrogens is 124 g/mol. The quantitative estimate of drug-likeness (QED) is 0.593. The predicted octanol–water partition coefficient (Wildman–Crippen LogP) is 2.14. The molecule has 0 spiro atoms. The van der Waals surface area contributed by atoms with E-state index in [1.54, 1.807) is 6.08 Å². The summed E-state index contributed by atoms with van der Waals surface area (Å²) in [6.45, 7) is 7.58. The van der Waals surface area contributed by atoms with E-state index in [1.807, 2.05) is 26.0 Å². The second-order valence-corrected chi connectivity index (χ2v) is 2.54. The van der Waals surface area contributed by atoms with E-state index in [0.717, 1.165) is 6.42 Å². The highest BCUT2D eigenvalue weighted by Gasteiger charge is 2.02. The molecule has 0 unspecified atom stereocenters. The largest absolute Gasteiger partial charge is 0.389 e. The standard InChI is InChI=1S/C9H16O/c1-4-6-9(10)7-8(3)5-2/h4-6,8-10H,2,7H2,1,3H3/b6-4+/t8-,9-/m0/s1. The molecule has 0 saturated carbocycles. The van der Waals surface area contributed by atoms with Crippen LogP contribution in [0.3, 0.4) is 0 Å². The number of aliphatic hydroxyl groups is 1. The Morgan fingerprint density at radius 1 is 1.60 bits per heavy atom. The van der Waals surface area contributed by atoms with Crippen LogP contribution in [0.25, 0.3) is 0 Å². The minimum Gasteiger partial charge on any atom is -0.389 e. The Labute approximate surface area is 63.1 Å². The molecule has 0 rings (SSSR count). The summed E-state index contributed by atoms with van der Waals surface area (Å²) in [5, 5.41) is 9.22. The fraction of sp³-hybridized carbons (Fsp3) is 0.556. The number of aliphatic hydroxyl groups excluding tert-OH is 1. The summed E-state index contributed by atoms with van der Waals surface area (Å²) in [7, 11) is 0. The maximum Gasteiger partial charge on any atom is 0.0726 e. The summed E-state index contributed by atoms with van der Waals surface area (Å²) >= 11 is 0. The van der Waals surface area contributed by atoms with Crippen molar-refractivity contribution in [3.63, 3.8) is 0 Å². The van der Waals surface area contributed by atoms with Gasteiger partial charge in [-0.25, -0.2) is 0 Å². The van der Waals surface area contributed by atoms with Gasteiger partial charge in [-0.05, 0) is 19.3 Å². The van der Waals surface area contributed by atoms with Crippen LogP contribution in [0, 0.1) is 5.92 Å². The fourth-order valence-electron chi connectivity index (χ4n) is 0.778.